The molecule has 12 heteroatoms. The third-order valence-electron chi connectivity index (χ3n) is 6.37. The number of nitrogens with two attached hydrogens (primary N) is 1. The van der Waals surface area contributed by atoms with E-state index in [-0.39, 0.29) is 23.4 Å². The summed E-state index contributed by atoms with van der Waals surface area (Å²) >= 11 is 0. The zero-order valence-corrected chi connectivity index (χ0v) is 24.2. The summed E-state index contributed by atoms with van der Waals surface area (Å²) < 4.78 is 58.9. The minimum Gasteiger partial charge on any atom is -0.490 e. The van der Waals surface area contributed by atoms with Crippen LogP contribution in [-0.2, 0) is 24.8 Å². The van der Waals surface area contributed by atoms with E-state index in [0.29, 0.717) is 4.90 Å². The molecule has 3 atom stereocenters. The van der Waals surface area contributed by atoms with Crippen LogP contribution in [0.25, 0.3) is 0 Å². The monoisotopic (exact) mass is 555 g/mol. The number of carbonyl (C=O) groups is 2. The number of nitrogens with zero attached hydrogens (tertiary/aromatic N) is 2. The number of hydrogen-bond donors (Lipinski definition) is 1. The number of benzene rings is 1. The lowest BCUT2D eigenvalue weighted by atomic mass is 9.85. The van der Waals surface area contributed by atoms with Crippen molar-refractivity contribution in [1.29, 1.82) is 0 Å². The van der Waals surface area contributed by atoms with Gasteiger partial charge in [0.05, 0.1) is 11.4 Å². The van der Waals surface area contributed by atoms with Crippen molar-refractivity contribution in [3.8, 4) is 5.75 Å². The Hall–Kier alpha value is -2.89. The van der Waals surface area contributed by atoms with Gasteiger partial charge in [-0.05, 0) is 80.5 Å². The molecule has 2 aliphatic heterocycles. The van der Waals surface area contributed by atoms with Crippen LogP contribution in [0.5, 0.6) is 5.75 Å². The molecule has 0 fully saturated rings. The maximum Gasteiger partial charge on any atom is 0.425 e. The molecule has 0 unspecified atom stereocenters. The van der Waals surface area contributed by atoms with Gasteiger partial charge in [-0.15, -0.1) is 0 Å². The van der Waals surface area contributed by atoms with E-state index in [4.69, 9.17) is 19.9 Å². The second-order valence-corrected chi connectivity index (χ2v) is 14.9. The number of hydrogen-bond acceptors (Lipinski definition) is 9. The van der Waals surface area contributed by atoms with Crippen LogP contribution < -0.4 is 10.5 Å². The van der Waals surface area contributed by atoms with E-state index >= 15 is 4.39 Å². The van der Waals surface area contributed by atoms with E-state index in [1.165, 1.54) is 26.0 Å². The third kappa shape index (κ3) is 5.19. The van der Waals surface area contributed by atoms with Crippen LogP contribution in [0.2, 0.25) is 0 Å². The van der Waals surface area contributed by atoms with Crippen LogP contribution in [0, 0.1) is 0 Å². The molecule has 0 aliphatic carbocycles. The quantitative estimate of drug-likeness (QED) is 0.490. The Balaban J connectivity index is 2.42. The van der Waals surface area contributed by atoms with Gasteiger partial charge in [0.2, 0.25) is 0 Å². The molecule has 38 heavy (non-hydrogen) atoms. The molecule has 0 saturated heterocycles. The highest BCUT2D eigenvalue weighted by Gasteiger charge is 2.63. The molecule has 3 rings (SSSR count). The van der Waals surface area contributed by atoms with Gasteiger partial charge in [0.15, 0.2) is 9.84 Å². The zero-order chi connectivity index (χ0) is 29.1. The van der Waals surface area contributed by atoms with Gasteiger partial charge in [0.25, 0.3) is 0 Å². The molecule has 2 amide bonds. The molecule has 0 bridgehead atoms. The SMILES string of the molecule is C[C@H]1C[C@H]2[C@](CF)(N=C(N(C(=O)OC(C)(C)C)C(=O)OC(C)(C)C)C(C)(C)S2(=O)=O)c2cc(N)ccc2O1. The number of fused-ring (bicyclic) bond motifs is 3. The fourth-order valence-electron chi connectivity index (χ4n) is 4.62. The molecule has 0 saturated carbocycles. The molecule has 1 aromatic carbocycles. The zero-order valence-electron chi connectivity index (χ0n) is 23.4. The number of nitrogen functional groups attached to an aromatic ring is 1. The fourth-order valence-corrected chi connectivity index (χ4v) is 7.00. The molecule has 10 nitrogen and oxygen atoms in total. The average molecular weight is 556 g/mol. The summed E-state index contributed by atoms with van der Waals surface area (Å²) in [5.41, 5.74) is 2.21. The molecule has 2 aliphatic rings. The molecule has 212 valence electrons. The highest BCUT2D eigenvalue weighted by atomic mass is 32.2. The summed E-state index contributed by atoms with van der Waals surface area (Å²) in [6.45, 7) is 12.6. The smallest absolute Gasteiger partial charge is 0.425 e. The Kier molecular flexibility index (Phi) is 7.33. The number of rotatable bonds is 1. The van der Waals surface area contributed by atoms with E-state index in [9.17, 15) is 18.0 Å². The number of alkyl halides is 1. The summed E-state index contributed by atoms with van der Waals surface area (Å²) in [6.07, 6.45) is -3.09. The highest BCUT2D eigenvalue weighted by molar-refractivity contribution is 7.94. The Morgan fingerprint density at radius 2 is 1.66 bits per heavy atom. The van der Waals surface area contributed by atoms with Crippen LogP contribution in [0.3, 0.4) is 0 Å². The Labute approximate surface area is 223 Å². The van der Waals surface area contributed by atoms with Crippen molar-refractivity contribution in [1.82, 2.24) is 4.90 Å². The van der Waals surface area contributed by atoms with Gasteiger partial charge < -0.3 is 19.9 Å². The van der Waals surface area contributed by atoms with Gasteiger partial charge in [-0.1, -0.05) is 0 Å². The van der Waals surface area contributed by atoms with E-state index in [1.807, 2.05) is 0 Å². The van der Waals surface area contributed by atoms with Gasteiger partial charge in [0, 0.05) is 17.7 Å². The average Bonchev–Trinajstić information content (AvgIpc) is 2.84. The topological polar surface area (TPSA) is 138 Å². The Bertz CT molecular complexity index is 1240. The predicted octanol–water partition coefficient (Wildman–Crippen LogP) is 4.75. The number of aliphatic imine (C=N–C) groups is 1. The molecule has 2 heterocycles. The van der Waals surface area contributed by atoms with Crippen molar-refractivity contribution in [2.45, 2.75) is 102 Å². The van der Waals surface area contributed by atoms with E-state index in [0.717, 1.165) is 0 Å². The molecular formula is C26H38FN3O7S. The van der Waals surface area contributed by atoms with Crippen molar-refractivity contribution in [2.75, 3.05) is 12.4 Å². The molecule has 0 aromatic heterocycles. The van der Waals surface area contributed by atoms with Crippen molar-refractivity contribution >= 4 is 33.5 Å². The maximum absolute atomic E-state index is 15.4. The third-order valence-corrected chi connectivity index (χ3v) is 9.31. The first-order valence-electron chi connectivity index (χ1n) is 12.4. The number of amides is 2. The number of imide groups is 1. The summed E-state index contributed by atoms with van der Waals surface area (Å²) in [4.78, 5) is 32.0. The van der Waals surface area contributed by atoms with E-state index in [1.54, 1.807) is 54.5 Å². The normalized spacial score (nSPS) is 26.0. The number of carbonyl (C=O) groups excluding carboxylic acids is 2. The molecule has 0 radical (unpaired) electrons. The highest BCUT2D eigenvalue weighted by Crippen LogP contribution is 2.51. The van der Waals surface area contributed by atoms with Gasteiger partial charge in [-0.2, -0.15) is 4.90 Å². The van der Waals surface area contributed by atoms with E-state index in [2.05, 4.69) is 4.99 Å². The van der Waals surface area contributed by atoms with Crippen LogP contribution in [-0.4, -0.2) is 65.3 Å². The van der Waals surface area contributed by atoms with Crippen LogP contribution >= 0.6 is 0 Å². The number of sulfone groups is 1. The summed E-state index contributed by atoms with van der Waals surface area (Å²) in [7, 11) is -4.34. The van der Waals surface area contributed by atoms with Gasteiger partial charge in [0.1, 0.15) is 39.7 Å². The lowest BCUT2D eigenvalue weighted by Gasteiger charge is -2.46. The Morgan fingerprint density at radius 3 is 2.13 bits per heavy atom. The van der Waals surface area contributed by atoms with Gasteiger partial charge >= 0.3 is 12.2 Å². The van der Waals surface area contributed by atoms with Crippen LogP contribution in [0.4, 0.5) is 19.7 Å². The molecular weight excluding hydrogens is 517 g/mol. The van der Waals surface area contributed by atoms with Gasteiger partial charge in [-0.3, -0.25) is 4.99 Å². The van der Waals surface area contributed by atoms with Crippen LogP contribution in [0.15, 0.2) is 23.2 Å². The minimum absolute atomic E-state index is 0.0834. The number of halogens is 1. The molecule has 0 spiro atoms. The summed E-state index contributed by atoms with van der Waals surface area (Å²) in [5, 5.41) is -1.38. The fraction of sp³-hybridized carbons (Fsp3) is 0.654. The minimum atomic E-state index is -4.34. The second kappa shape index (κ2) is 9.39. The first-order chi connectivity index (χ1) is 17.2. The van der Waals surface area contributed by atoms with Crippen molar-refractivity contribution in [2.24, 2.45) is 4.99 Å². The molecule has 2 N–H and O–H groups in total. The largest absolute Gasteiger partial charge is 0.490 e. The lowest BCUT2D eigenvalue weighted by Crippen LogP contribution is -2.65. The number of anilines is 1. The lowest BCUT2D eigenvalue weighted by molar-refractivity contribution is 0.0137. The summed E-state index contributed by atoms with van der Waals surface area (Å²) in [5.74, 6) is -0.302. The first kappa shape index (κ1) is 29.7. The van der Waals surface area contributed by atoms with Crippen LogP contribution in [0.1, 0.15) is 74.3 Å². The van der Waals surface area contributed by atoms with Crippen molar-refractivity contribution in [3.05, 3.63) is 23.8 Å². The Morgan fingerprint density at radius 1 is 1.13 bits per heavy atom. The summed E-state index contributed by atoms with van der Waals surface area (Å²) in [6, 6.07) is 4.50. The number of ether oxygens (including phenoxy) is 3. The number of amidine groups is 1. The second-order valence-electron chi connectivity index (χ2n) is 12.3. The first-order valence-corrected chi connectivity index (χ1v) is 13.9. The van der Waals surface area contributed by atoms with E-state index < -0.39 is 67.4 Å². The van der Waals surface area contributed by atoms with Crippen molar-refractivity contribution in [3.63, 3.8) is 0 Å². The van der Waals surface area contributed by atoms with Crippen molar-refractivity contribution < 1.29 is 36.6 Å². The maximum atomic E-state index is 15.4. The predicted molar refractivity (Wildman–Crippen MR) is 142 cm³/mol. The van der Waals surface area contributed by atoms with Gasteiger partial charge in [-0.25, -0.2) is 22.4 Å². The molecule has 1 aromatic rings. The standard InChI is InChI=1S/C26H38FN3O7S/c1-15-12-19-26(14-27,17-13-16(28)10-11-18(17)35-15)29-20(25(8,9)38(19,33)34)30(21(31)36-23(2,3)4)22(32)37-24(5,6)7/h10-11,13,15,19H,12,14,28H2,1-9H3/t15-,19-,26+/m0/s1.